The molecule has 0 bridgehead atoms. The summed E-state index contributed by atoms with van der Waals surface area (Å²) >= 11 is 11.0. The summed E-state index contributed by atoms with van der Waals surface area (Å²) in [7, 11) is 0. The number of aliphatic hydroxyl groups excluding tert-OH is 1. The normalized spacial score (nSPS) is 9.90. The Bertz CT molecular complexity index is 221. The molecule has 1 aromatic rings. The molecule has 1 aromatic heterocycles. The number of hydrogen-bond acceptors (Lipinski definition) is 3. The van der Waals surface area contributed by atoms with Crippen LogP contribution in [-0.4, -0.2) is 15.1 Å². The van der Waals surface area contributed by atoms with Crippen molar-refractivity contribution in [1.82, 2.24) is 9.97 Å². The molecule has 0 saturated heterocycles. The Morgan fingerprint density at radius 2 is 1.80 bits per heavy atom. The smallest absolute Gasteiger partial charge is 0.157 e. The zero-order chi connectivity index (χ0) is 7.56. The molecule has 0 aliphatic heterocycles. The summed E-state index contributed by atoms with van der Waals surface area (Å²) in [5.41, 5.74) is 0. The van der Waals surface area contributed by atoms with Crippen LogP contribution in [0.1, 0.15) is 5.82 Å². The van der Waals surface area contributed by atoms with Crippen molar-refractivity contribution in [3.8, 4) is 0 Å². The number of aromatic nitrogens is 2. The Kier molecular flexibility index (Phi) is 2.43. The number of hydrogen-bond donors (Lipinski definition) is 1. The molecular weight excluding hydrogens is 175 g/mol. The molecule has 5 heteroatoms. The second-order valence-corrected chi connectivity index (χ2v) is 2.36. The molecule has 0 fully saturated rings. The van der Waals surface area contributed by atoms with E-state index < -0.39 is 0 Å². The largest absolute Gasteiger partial charge is 0.388 e. The molecule has 1 rings (SSSR count). The van der Waals surface area contributed by atoms with Crippen molar-refractivity contribution in [2.75, 3.05) is 0 Å². The first-order valence-electron chi connectivity index (χ1n) is 2.52. The van der Waals surface area contributed by atoms with Gasteiger partial charge in [-0.3, -0.25) is 0 Å². The first kappa shape index (κ1) is 7.72. The lowest BCUT2D eigenvalue weighted by Gasteiger charge is -1.94. The third kappa shape index (κ3) is 1.80. The molecule has 10 heavy (non-hydrogen) atoms. The predicted molar refractivity (Wildman–Crippen MR) is 38.0 cm³/mol. The minimum absolute atomic E-state index is 0.234. The number of halogens is 2. The fraction of sp³-hybridized carbons (Fsp3) is 0.200. The van der Waals surface area contributed by atoms with E-state index in [2.05, 4.69) is 9.97 Å². The minimum Gasteiger partial charge on any atom is -0.388 e. The van der Waals surface area contributed by atoms with E-state index >= 15 is 0 Å². The van der Waals surface area contributed by atoms with E-state index in [1.54, 1.807) is 0 Å². The molecular formula is C5H4Cl2N2O. The van der Waals surface area contributed by atoms with Crippen molar-refractivity contribution in [3.63, 3.8) is 0 Å². The predicted octanol–water partition coefficient (Wildman–Crippen LogP) is 1.28. The quantitative estimate of drug-likeness (QED) is 0.660. The van der Waals surface area contributed by atoms with Crippen molar-refractivity contribution in [2.45, 2.75) is 6.61 Å². The molecule has 1 N–H and O–H groups in total. The molecule has 0 radical (unpaired) electrons. The maximum absolute atomic E-state index is 8.54. The molecule has 0 spiro atoms. The topological polar surface area (TPSA) is 46.0 Å². The number of rotatable bonds is 1. The lowest BCUT2D eigenvalue weighted by Crippen LogP contribution is -1.93. The average Bonchev–Trinajstić information content (AvgIpc) is 1.85. The Morgan fingerprint density at radius 1 is 1.30 bits per heavy atom. The van der Waals surface area contributed by atoms with Gasteiger partial charge in [-0.25, -0.2) is 9.97 Å². The summed E-state index contributed by atoms with van der Waals surface area (Å²) in [5.74, 6) is 0.234. The maximum atomic E-state index is 8.54. The molecule has 0 atom stereocenters. The van der Waals surface area contributed by atoms with Gasteiger partial charge in [0, 0.05) is 6.07 Å². The highest BCUT2D eigenvalue weighted by Gasteiger charge is 1.98. The second-order valence-electron chi connectivity index (χ2n) is 1.59. The van der Waals surface area contributed by atoms with Gasteiger partial charge in [-0.2, -0.15) is 0 Å². The summed E-state index contributed by atoms with van der Waals surface area (Å²) in [6.07, 6.45) is 0. The van der Waals surface area contributed by atoms with Crippen LogP contribution in [0.15, 0.2) is 6.07 Å². The standard InChI is InChI=1S/C5H4Cl2N2O/c6-3-1-4(7)9-5(2-10)8-3/h1,10H,2H2. The molecule has 0 aliphatic carbocycles. The van der Waals surface area contributed by atoms with Crippen LogP contribution in [0.2, 0.25) is 10.3 Å². The molecule has 1 heterocycles. The Morgan fingerprint density at radius 3 is 2.20 bits per heavy atom. The number of aliphatic hydroxyl groups is 1. The van der Waals surface area contributed by atoms with Crippen molar-refractivity contribution >= 4 is 23.2 Å². The van der Waals surface area contributed by atoms with Gasteiger partial charge in [0.05, 0.1) is 0 Å². The molecule has 3 nitrogen and oxygen atoms in total. The molecule has 0 saturated carbocycles. The first-order valence-corrected chi connectivity index (χ1v) is 3.28. The summed E-state index contributed by atoms with van der Waals surface area (Å²) < 4.78 is 0. The van der Waals surface area contributed by atoms with Gasteiger partial charge in [0.15, 0.2) is 5.82 Å². The Labute approximate surface area is 67.6 Å². The van der Waals surface area contributed by atoms with Crippen LogP contribution in [0.4, 0.5) is 0 Å². The molecule has 0 amide bonds. The van der Waals surface area contributed by atoms with Crippen LogP contribution in [0.3, 0.4) is 0 Å². The van der Waals surface area contributed by atoms with E-state index in [0.717, 1.165) is 0 Å². The van der Waals surface area contributed by atoms with E-state index in [1.807, 2.05) is 0 Å². The van der Waals surface area contributed by atoms with Gasteiger partial charge in [0.2, 0.25) is 0 Å². The Hall–Kier alpha value is -0.380. The molecule has 0 unspecified atom stereocenters. The fourth-order valence-corrected chi connectivity index (χ4v) is 0.963. The van der Waals surface area contributed by atoms with Crippen LogP contribution in [0, 0.1) is 0 Å². The third-order valence-corrected chi connectivity index (χ3v) is 1.24. The fourth-order valence-electron chi connectivity index (χ4n) is 0.505. The van der Waals surface area contributed by atoms with Crippen LogP contribution in [0.25, 0.3) is 0 Å². The van der Waals surface area contributed by atoms with E-state index in [9.17, 15) is 0 Å². The maximum Gasteiger partial charge on any atom is 0.157 e. The minimum atomic E-state index is -0.250. The zero-order valence-electron chi connectivity index (χ0n) is 4.88. The van der Waals surface area contributed by atoms with Gasteiger partial charge in [-0.1, -0.05) is 23.2 Å². The van der Waals surface area contributed by atoms with Gasteiger partial charge in [-0.05, 0) is 0 Å². The van der Waals surface area contributed by atoms with Crippen molar-refractivity contribution in [3.05, 3.63) is 22.2 Å². The molecule has 0 aromatic carbocycles. The Balaban J connectivity index is 3.06. The van der Waals surface area contributed by atoms with Crippen molar-refractivity contribution in [2.24, 2.45) is 0 Å². The summed E-state index contributed by atoms with van der Waals surface area (Å²) in [6.45, 7) is -0.250. The number of nitrogens with zero attached hydrogens (tertiary/aromatic N) is 2. The van der Waals surface area contributed by atoms with Crippen LogP contribution >= 0.6 is 23.2 Å². The first-order chi connectivity index (χ1) is 4.72. The summed E-state index contributed by atoms with van der Waals surface area (Å²) in [5, 5.41) is 9.02. The van der Waals surface area contributed by atoms with E-state index in [-0.39, 0.29) is 22.7 Å². The van der Waals surface area contributed by atoms with Gasteiger partial charge in [0.25, 0.3) is 0 Å². The van der Waals surface area contributed by atoms with Gasteiger partial charge in [0.1, 0.15) is 16.9 Å². The highest BCUT2D eigenvalue weighted by Crippen LogP contribution is 2.10. The van der Waals surface area contributed by atoms with Crippen LogP contribution < -0.4 is 0 Å². The lowest BCUT2D eigenvalue weighted by atomic mass is 10.6. The van der Waals surface area contributed by atoms with Gasteiger partial charge >= 0.3 is 0 Å². The lowest BCUT2D eigenvalue weighted by molar-refractivity contribution is 0.271. The summed E-state index contributed by atoms with van der Waals surface area (Å²) in [4.78, 5) is 7.34. The van der Waals surface area contributed by atoms with Crippen molar-refractivity contribution < 1.29 is 5.11 Å². The second kappa shape index (κ2) is 3.14. The van der Waals surface area contributed by atoms with E-state index in [1.165, 1.54) is 6.07 Å². The highest BCUT2D eigenvalue weighted by atomic mass is 35.5. The highest BCUT2D eigenvalue weighted by molar-refractivity contribution is 6.33. The van der Waals surface area contributed by atoms with Gasteiger partial charge in [-0.15, -0.1) is 0 Å². The van der Waals surface area contributed by atoms with E-state index in [4.69, 9.17) is 28.3 Å². The molecule has 0 aliphatic rings. The van der Waals surface area contributed by atoms with Crippen LogP contribution in [0.5, 0.6) is 0 Å². The summed E-state index contributed by atoms with van der Waals surface area (Å²) in [6, 6.07) is 1.41. The SMILES string of the molecule is OCc1nc(Cl)cc(Cl)n1. The van der Waals surface area contributed by atoms with Gasteiger partial charge < -0.3 is 5.11 Å². The third-order valence-electron chi connectivity index (χ3n) is 0.851. The average molecular weight is 179 g/mol. The van der Waals surface area contributed by atoms with Crippen molar-refractivity contribution in [1.29, 1.82) is 0 Å². The van der Waals surface area contributed by atoms with Crippen LogP contribution in [-0.2, 0) is 6.61 Å². The zero-order valence-corrected chi connectivity index (χ0v) is 6.39. The molecule has 54 valence electrons. The monoisotopic (exact) mass is 178 g/mol. The van der Waals surface area contributed by atoms with E-state index in [0.29, 0.717) is 0 Å².